The van der Waals surface area contributed by atoms with Gasteiger partial charge in [0.2, 0.25) is 0 Å². The van der Waals surface area contributed by atoms with Gasteiger partial charge in [-0.3, -0.25) is 10.1 Å². The smallest absolute Gasteiger partial charge is 0.308 e. The minimum absolute atomic E-state index is 0.00597. The van der Waals surface area contributed by atoms with Crippen molar-refractivity contribution in [1.29, 1.82) is 0 Å². The number of aromatic amines is 1. The summed E-state index contributed by atoms with van der Waals surface area (Å²) in [6, 6.07) is 14.6. The zero-order chi connectivity index (χ0) is 20.2. The van der Waals surface area contributed by atoms with Crippen LogP contribution in [0.2, 0.25) is 5.02 Å². The van der Waals surface area contributed by atoms with E-state index in [1.54, 1.807) is 18.3 Å². The molecule has 4 aromatic rings. The molecular formula is C21H15ClFN5O. The number of carbonyl (C=O) groups excluding carboxylic acids is 1. The van der Waals surface area contributed by atoms with Gasteiger partial charge in [0.25, 0.3) is 0 Å². The molecule has 0 atom stereocenters. The monoisotopic (exact) mass is 407 g/mol. The van der Waals surface area contributed by atoms with Gasteiger partial charge in [-0.1, -0.05) is 17.7 Å². The van der Waals surface area contributed by atoms with Crippen LogP contribution >= 0.6 is 11.6 Å². The van der Waals surface area contributed by atoms with Gasteiger partial charge in [0.15, 0.2) is 0 Å². The van der Waals surface area contributed by atoms with Crippen molar-refractivity contribution in [2.45, 2.75) is 0 Å². The zero-order valence-electron chi connectivity index (χ0n) is 15.0. The fraction of sp³-hybridized carbons (Fsp3) is 0. The highest BCUT2D eigenvalue weighted by Gasteiger charge is 2.08. The summed E-state index contributed by atoms with van der Waals surface area (Å²) in [7, 11) is 0. The van der Waals surface area contributed by atoms with E-state index < -0.39 is 11.8 Å². The number of rotatable bonds is 4. The quantitative estimate of drug-likeness (QED) is 0.414. The number of fused-ring (bicyclic) bond motifs is 1. The van der Waals surface area contributed by atoms with Crippen LogP contribution in [0.5, 0.6) is 0 Å². The number of halogens is 2. The van der Waals surface area contributed by atoms with Gasteiger partial charge < -0.3 is 10.6 Å². The molecule has 4 rings (SSSR count). The number of pyridine rings is 1. The van der Waals surface area contributed by atoms with E-state index in [9.17, 15) is 9.18 Å². The lowest BCUT2D eigenvalue weighted by atomic mass is 10.1. The number of hydrogen-bond acceptors (Lipinski definition) is 3. The van der Waals surface area contributed by atoms with Gasteiger partial charge in [-0.25, -0.2) is 9.18 Å². The number of amides is 2. The number of carbonyl (C=O) groups is 1. The topological polar surface area (TPSA) is 82.7 Å². The molecule has 29 heavy (non-hydrogen) atoms. The lowest BCUT2D eigenvalue weighted by molar-refractivity contribution is 0.262. The van der Waals surface area contributed by atoms with Crippen LogP contribution in [-0.4, -0.2) is 21.2 Å². The average molecular weight is 408 g/mol. The third-order valence-corrected chi connectivity index (χ3v) is 4.43. The molecule has 8 heteroatoms. The van der Waals surface area contributed by atoms with Crippen LogP contribution in [0, 0.1) is 5.82 Å². The minimum atomic E-state index is -0.602. The lowest BCUT2D eigenvalue weighted by Gasteiger charge is -2.08. The van der Waals surface area contributed by atoms with Gasteiger partial charge in [0.05, 0.1) is 21.9 Å². The molecule has 2 aromatic carbocycles. The maximum atomic E-state index is 13.5. The van der Waals surface area contributed by atoms with Crippen molar-refractivity contribution in [1.82, 2.24) is 15.2 Å². The normalized spacial score (nSPS) is 11.1. The van der Waals surface area contributed by atoms with Crippen LogP contribution in [-0.2, 0) is 0 Å². The standard InChI is InChI=1S/C21H15ClFN5O/c22-17-8-5-14(11-18(17)23)25-21(29)26-15-4-7-16-19(27-28-20(16)12-15)9-6-13-3-1-2-10-24-13/h1-12H,(H,27,28)(H2,25,26,29)/b9-6+. The predicted molar refractivity (Wildman–Crippen MR) is 113 cm³/mol. The molecular weight excluding hydrogens is 393 g/mol. The van der Waals surface area contributed by atoms with E-state index >= 15 is 0 Å². The Morgan fingerprint density at radius 1 is 1.03 bits per heavy atom. The average Bonchev–Trinajstić information content (AvgIpc) is 3.12. The number of benzene rings is 2. The summed E-state index contributed by atoms with van der Waals surface area (Å²) in [5.41, 5.74) is 3.22. The number of urea groups is 1. The van der Waals surface area contributed by atoms with E-state index in [1.165, 1.54) is 12.1 Å². The van der Waals surface area contributed by atoms with Crippen LogP contribution < -0.4 is 10.6 Å². The Hall–Kier alpha value is -3.71. The van der Waals surface area contributed by atoms with Crippen molar-refractivity contribution >= 4 is 52.1 Å². The second-order valence-corrected chi connectivity index (χ2v) is 6.57. The summed E-state index contributed by atoms with van der Waals surface area (Å²) < 4.78 is 13.5. The fourth-order valence-corrected chi connectivity index (χ4v) is 2.87. The summed E-state index contributed by atoms with van der Waals surface area (Å²) in [6.07, 6.45) is 5.47. The van der Waals surface area contributed by atoms with E-state index in [1.807, 2.05) is 36.4 Å². The summed E-state index contributed by atoms with van der Waals surface area (Å²) in [4.78, 5) is 16.4. The maximum Gasteiger partial charge on any atom is 0.323 e. The number of hydrogen-bond donors (Lipinski definition) is 3. The van der Waals surface area contributed by atoms with E-state index in [0.29, 0.717) is 11.4 Å². The number of nitrogens with one attached hydrogen (secondary N) is 3. The van der Waals surface area contributed by atoms with Crippen molar-refractivity contribution < 1.29 is 9.18 Å². The first-order valence-corrected chi connectivity index (χ1v) is 9.06. The molecule has 6 nitrogen and oxygen atoms in total. The van der Waals surface area contributed by atoms with Gasteiger partial charge in [0.1, 0.15) is 5.82 Å². The Balaban J connectivity index is 1.47. The number of H-pyrrole nitrogens is 1. The van der Waals surface area contributed by atoms with E-state index in [2.05, 4.69) is 25.8 Å². The van der Waals surface area contributed by atoms with Gasteiger partial charge in [-0.05, 0) is 60.7 Å². The van der Waals surface area contributed by atoms with Gasteiger partial charge in [-0.15, -0.1) is 0 Å². The second-order valence-electron chi connectivity index (χ2n) is 6.17. The molecule has 0 aliphatic carbocycles. The second kappa shape index (κ2) is 8.12. The van der Waals surface area contributed by atoms with Gasteiger partial charge >= 0.3 is 6.03 Å². The summed E-state index contributed by atoms with van der Waals surface area (Å²) in [5.74, 6) is -0.602. The fourth-order valence-electron chi connectivity index (χ4n) is 2.75. The summed E-state index contributed by atoms with van der Waals surface area (Å²) >= 11 is 5.64. The van der Waals surface area contributed by atoms with Crippen LogP contribution in [0.3, 0.4) is 0 Å². The minimum Gasteiger partial charge on any atom is -0.308 e. The highest BCUT2D eigenvalue weighted by atomic mass is 35.5. The van der Waals surface area contributed by atoms with Crippen molar-refractivity contribution in [3.8, 4) is 0 Å². The Kier molecular flexibility index (Phi) is 5.22. The first-order valence-electron chi connectivity index (χ1n) is 8.69. The Labute approximate surface area is 170 Å². The molecule has 0 aliphatic heterocycles. The van der Waals surface area contributed by atoms with E-state index in [-0.39, 0.29) is 5.02 Å². The van der Waals surface area contributed by atoms with E-state index in [0.717, 1.165) is 28.4 Å². The number of anilines is 2. The van der Waals surface area contributed by atoms with Crippen molar-refractivity contribution in [2.24, 2.45) is 0 Å². The third kappa shape index (κ3) is 4.41. The lowest BCUT2D eigenvalue weighted by Crippen LogP contribution is -2.19. The van der Waals surface area contributed by atoms with Crippen LogP contribution in [0.4, 0.5) is 20.6 Å². The maximum absolute atomic E-state index is 13.5. The van der Waals surface area contributed by atoms with Crippen molar-refractivity contribution in [3.63, 3.8) is 0 Å². The highest BCUT2D eigenvalue weighted by Crippen LogP contribution is 2.23. The molecule has 2 aromatic heterocycles. The molecule has 2 heterocycles. The third-order valence-electron chi connectivity index (χ3n) is 4.13. The largest absolute Gasteiger partial charge is 0.323 e. The van der Waals surface area contributed by atoms with Crippen molar-refractivity contribution in [2.75, 3.05) is 10.6 Å². The first-order chi connectivity index (χ1) is 14.1. The van der Waals surface area contributed by atoms with Crippen LogP contribution in [0.15, 0.2) is 60.8 Å². The molecule has 144 valence electrons. The van der Waals surface area contributed by atoms with Crippen LogP contribution in [0.25, 0.3) is 23.1 Å². The molecule has 0 spiro atoms. The molecule has 2 amide bonds. The van der Waals surface area contributed by atoms with Crippen LogP contribution in [0.1, 0.15) is 11.4 Å². The Bertz CT molecular complexity index is 1210. The number of nitrogens with zero attached hydrogens (tertiary/aromatic N) is 2. The molecule has 0 aliphatic rings. The van der Waals surface area contributed by atoms with Crippen molar-refractivity contribution in [3.05, 3.63) is 83.0 Å². The summed E-state index contributed by atoms with van der Waals surface area (Å²) in [5, 5.41) is 13.4. The predicted octanol–water partition coefficient (Wildman–Crippen LogP) is 5.56. The highest BCUT2D eigenvalue weighted by molar-refractivity contribution is 6.30. The molecule has 0 radical (unpaired) electrons. The first kappa shape index (κ1) is 18.6. The molecule has 0 bridgehead atoms. The van der Waals surface area contributed by atoms with Gasteiger partial charge in [-0.2, -0.15) is 5.10 Å². The zero-order valence-corrected chi connectivity index (χ0v) is 15.7. The molecule has 0 unspecified atom stereocenters. The Morgan fingerprint density at radius 2 is 1.83 bits per heavy atom. The number of aromatic nitrogens is 3. The van der Waals surface area contributed by atoms with Gasteiger partial charge in [0, 0.05) is 23.0 Å². The summed E-state index contributed by atoms with van der Waals surface area (Å²) in [6.45, 7) is 0. The molecule has 0 fully saturated rings. The van der Waals surface area contributed by atoms with E-state index in [4.69, 9.17) is 11.6 Å². The molecule has 0 saturated heterocycles. The Morgan fingerprint density at radius 3 is 2.59 bits per heavy atom. The molecule has 3 N–H and O–H groups in total. The SMILES string of the molecule is O=C(Nc1ccc(Cl)c(F)c1)Nc1ccc2c(/C=C/c3ccccn3)n[nH]c2c1. The molecule has 0 saturated carbocycles.